The molecule has 2 aromatic rings. The Morgan fingerprint density at radius 1 is 1.26 bits per heavy atom. The van der Waals surface area contributed by atoms with Crippen LogP contribution in [0.5, 0.6) is 5.75 Å². The van der Waals surface area contributed by atoms with Crippen LogP contribution in [-0.2, 0) is 6.61 Å². The summed E-state index contributed by atoms with van der Waals surface area (Å²) in [6.45, 7) is 0.371. The summed E-state index contributed by atoms with van der Waals surface area (Å²) < 4.78 is 6.55. The Morgan fingerprint density at radius 3 is 2.68 bits per heavy atom. The highest BCUT2D eigenvalue weighted by atomic mass is 79.9. The lowest BCUT2D eigenvalue weighted by Gasteiger charge is -2.09. The van der Waals surface area contributed by atoms with Crippen molar-refractivity contribution in [2.24, 2.45) is 0 Å². The van der Waals surface area contributed by atoms with Gasteiger partial charge in [0.05, 0.1) is 11.3 Å². The van der Waals surface area contributed by atoms with Gasteiger partial charge >= 0.3 is 5.97 Å². The van der Waals surface area contributed by atoms with Crippen LogP contribution in [0.3, 0.4) is 0 Å². The molecule has 0 aliphatic rings. The topological polar surface area (TPSA) is 72.6 Å². The first-order valence-electron chi connectivity index (χ1n) is 5.56. The minimum atomic E-state index is -1.01. The Labute approximate surface area is 118 Å². The second kappa shape index (κ2) is 5.75. The molecule has 0 unspecified atom stereocenters. The number of halogens is 1. The fourth-order valence-corrected chi connectivity index (χ4v) is 2.05. The highest BCUT2D eigenvalue weighted by Crippen LogP contribution is 2.24. The van der Waals surface area contributed by atoms with E-state index in [0.29, 0.717) is 18.0 Å². The quantitative estimate of drug-likeness (QED) is 0.847. The molecule has 0 radical (unpaired) electrons. The summed E-state index contributed by atoms with van der Waals surface area (Å²) in [7, 11) is 0. The van der Waals surface area contributed by atoms with Crippen molar-refractivity contribution in [1.82, 2.24) is 0 Å². The van der Waals surface area contributed by atoms with Gasteiger partial charge in [0, 0.05) is 4.47 Å². The first-order valence-corrected chi connectivity index (χ1v) is 6.35. The summed E-state index contributed by atoms with van der Waals surface area (Å²) in [6, 6.07) is 12.2. The molecule has 2 aromatic carbocycles. The molecule has 0 fully saturated rings. The van der Waals surface area contributed by atoms with Gasteiger partial charge < -0.3 is 15.6 Å². The van der Waals surface area contributed by atoms with E-state index in [-0.39, 0.29) is 5.56 Å². The number of nitrogens with two attached hydrogens (primary N) is 1. The van der Waals surface area contributed by atoms with Crippen molar-refractivity contribution >= 4 is 27.6 Å². The first kappa shape index (κ1) is 13.4. The molecule has 0 aliphatic heterocycles. The molecule has 0 aliphatic carbocycles. The molecular formula is C14H12BrNO3. The van der Waals surface area contributed by atoms with Gasteiger partial charge in [0.2, 0.25) is 0 Å². The zero-order chi connectivity index (χ0) is 13.8. The van der Waals surface area contributed by atoms with Gasteiger partial charge in [-0.2, -0.15) is 0 Å². The lowest BCUT2D eigenvalue weighted by Crippen LogP contribution is -2.02. The van der Waals surface area contributed by atoms with E-state index >= 15 is 0 Å². The number of aromatic carboxylic acids is 1. The lowest BCUT2D eigenvalue weighted by molar-refractivity contribution is 0.0697. The summed E-state index contributed by atoms with van der Waals surface area (Å²) >= 11 is 3.38. The predicted octanol–water partition coefficient (Wildman–Crippen LogP) is 3.31. The molecule has 0 atom stereocenters. The van der Waals surface area contributed by atoms with E-state index in [2.05, 4.69) is 15.9 Å². The molecule has 0 saturated carbocycles. The SMILES string of the molecule is Nc1cc(C(=O)O)ccc1OCc1cccc(Br)c1. The molecule has 2 rings (SSSR count). The van der Waals surface area contributed by atoms with Gasteiger partial charge in [-0.1, -0.05) is 28.1 Å². The molecule has 4 nitrogen and oxygen atoms in total. The molecular weight excluding hydrogens is 310 g/mol. The molecule has 3 N–H and O–H groups in total. The number of hydrogen-bond acceptors (Lipinski definition) is 3. The summed E-state index contributed by atoms with van der Waals surface area (Å²) in [4.78, 5) is 10.8. The van der Waals surface area contributed by atoms with Crippen LogP contribution >= 0.6 is 15.9 Å². The van der Waals surface area contributed by atoms with Gasteiger partial charge in [-0.15, -0.1) is 0 Å². The number of hydrogen-bond donors (Lipinski definition) is 2. The second-order valence-electron chi connectivity index (χ2n) is 3.98. The monoisotopic (exact) mass is 321 g/mol. The van der Waals surface area contributed by atoms with Gasteiger partial charge in [-0.25, -0.2) is 4.79 Å². The minimum absolute atomic E-state index is 0.146. The van der Waals surface area contributed by atoms with Crippen molar-refractivity contribution in [3.05, 3.63) is 58.1 Å². The van der Waals surface area contributed by atoms with Gasteiger partial charge in [0.15, 0.2) is 0 Å². The van der Waals surface area contributed by atoms with Gasteiger partial charge in [-0.3, -0.25) is 0 Å². The summed E-state index contributed by atoms with van der Waals surface area (Å²) in [5.41, 5.74) is 7.21. The van der Waals surface area contributed by atoms with Crippen LogP contribution in [0, 0.1) is 0 Å². The molecule has 0 saturated heterocycles. The van der Waals surface area contributed by atoms with Crippen LogP contribution in [0.1, 0.15) is 15.9 Å². The van der Waals surface area contributed by atoms with E-state index in [1.165, 1.54) is 12.1 Å². The Morgan fingerprint density at radius 2 is 2.05 bits per heavy atom. The summed E-state index contributed by atoms with van der Waals surface area (Å²) in [6.07, 6.45) is 0. The number of ether oxygens (including phenoxy) is 1. The Balaban J connectivity index is 2.10. The van der Waals surface area contributed by atoms with Gasteiger partial charge in [0.25, 0.3) is 0 Å². The van der Waals surface area contributed by atoms with Crippen molar-refractivity contribution in [3.8, 4) is 5.75 Å². The number of anilines is 1. The number of nitrogen functional groups attached to an aromatic ring is 1. The second-order valence-corrected chi connectivity index (χ2v) is 4.89. The number of carboxylic acids is 1. The molecule has 0 amide bonds. The summed E-state index contributed by atoms with van der Waals surface area (Å²) in [5, 5.41) is 8.84. The normalized spacial score (nSPS) is 10.2. The van der Waals surface area contributed by atoms with E-state index in [9.17, 15) is 4.79 Å². The maximum absolute atomic E-state index is 10.8. The van der Waals surface area contributed by atoms with Gasteiger partial charge in [-0.05, 0) is 35.9 Å². The van der Waals surface area contributed by atoms with Crippen molar-refractivity contribution in [1.29, 1.82) is 0 Å². The maximum atomic E-state index is 10.8. The standard InChI is InChI=1S/C14H12BrNO3/c15-11-3-1-2-9(6-11)8-19-13-5-4-10(14(17)18)7-12(13)16/h1-7H,8,16H2,(H,17,18). The molecule has 5 heteroatoms. The fourth-order valence-electron chi connectivity index (χ4n) is 1.60. The zero-order valence-electron chi connectivity index (χ0n) is 9.97. The van der Waals surface area contributed by atoms with Crippen molar-refractivity contribution in [2.75, 3.05) is 5.73 Å². The number of carbonyl (C=O) groups is 1. The largest absolute Gasteiger partial charge is 0.487 e. The number of benzene rings is 2. The van der Waals surface area contributed by atoms with Gasteiger partial charge in [0.1, 0.15) is 12.4 Å². The molecule has 98 valence electrons. The molecule has 0 bridgehead atoms. The third-order valence-electron chi connectivity index (χ3n) is 2.54. The van der Waals surface area contributed by atoms with E-state index < -0.39 is 5.97 Å². The smallest absolute Gasteiger partial charge is 0.335 e. The average molecular weight is 322 g/mol. The van der Waals surface area contributed by atoms with Crippen LogP contribution in [0.2, 0.25) is 0 Å². The van der Waals surface area contributed by atoms with E-state index in [1.54, 1.807) is 6.07 Å². The van der Waals surface area contributed by atoms with Crippen LogP contribution in [0.25, 0.3) is 0 Å². The minimum Gasteiger partial charge on any atom is -0.487 e. The van der Waals surface area contributed by atoms with E-state index in [1.807, 2.05) is 24.3 Å². The molecule has 19 heavy (non-hydrogen) atoms. The number of carboxylic acid groups (broad SMARTS) is 1. The molecule has 0 aromatic heterocycles. The summed E-state index contributed by atoms with van der Waals surface area (Å²) in [5.74, 6) is -0.532. The Hall–Kier alpha value is -2.01. The third-order valence-corrected chi connectivity index (χ3v) is 3.03. The fraction of sp³-hybridized carbons (Fsp3) is 0.0714. The van der Waals surface area contributed by atoms with Crippen LogP contribution in [0.4, 0.5) is 5.69 Å². The molecule has 0 heterocycles. The Kier molecular flexibility index (Phi) is 4.06. The Bertz CT molecular complexity index is 613. The first-order chi connectivity index (χ1) is 9.06. The predicted molar refractivity (Wildman–Crippen MR) is 76.3 cm³/mol. The average Bonchev–Trinajstić information content (AvgIpc) is 2.37. The highest BCUT2D eigenvalue weighted by molar-refractivity contribution is 9.10. The zero-order valence-corrected chi connectivity index (χ0v) is 11.6. The van der Waals surface area contributed by atoms with Crippen LogP contribution in [0.15, 0.2) is 46.9 Å². The van der Waals surface area contributed by atoms with Crippen molar-refractivity contribution < 1.29 is 14.6 Å². The number of rotatable bonds is 4. The van der Waals surface area contributed by atoms with Crippen molar-refractivity contribution in [3.63, 3.8) is 0 Å². The van der Waals surface area contributed by atoms with E-state index in [0.717, 1.165) is 10.0 Å². The van der Waals surface area contributed by atoms with E-state index in [4.69, 9.17) is 15.6 Å². The van der Waals surface area contributed by atoms with Crippen molar-refractivity contribution in [2.45, 2.75) is 6.61 Å². The van der Waals surface area contributed by atoms with Crippen LogP contribution < -0.4 is 10.5 Å². The highest BCUT2D eigenvalue weighted by Gasteiger charge is 2.07. The maximum Gasteiger partial charge on any atom is 0.335 e. The molecule has 0 spiro atoms. The lowest BCUT2D eigenvalue weighted by atomic mass is 10.2. The third kappa shape index (κ3) is 3.48. The van der Waals surface area contributed by atoms with Crippen LogP contribution in [-0.4, -0.2) is 11.1 Å².